The van der Waals surface area contributed by atoms with Crippen LogP contribution in [-0.2, 0) is 4.79 Å². The first-order valence-corrected chi connectivity index (χ1v) is 32.4. The number of carbonyl (C=O) groups excluding carboxylic acids is 1. The minimum Gasteiger partial charge on any atom is -0.394 e. The van der Waals surface area contributed by atoms with E-state index in [0.29, 0.717) is 6.42 Å². The lowest BCUT2D eigenvalue weighted by molar-refractivity contribution is -0.123. The number of unbranched alkanes of at least 4 members (excludes halogenated alkanes) is 47. The molecule has 418 valence electrons. The number of hydrogen-bond donors (Lipinski definition) is 3. The van der Waals surface area contributed by atoms with Crippen LogP contribution in [0, 0.1) is 0 Å². The highest BCUT2D eigenvalue weighted by Crippen LogP contribution is 2.18. The highest BCUT2D eigenvalue weighted by molar-refractivity contribution is 5.76. The lowest BCUT2D eigenvalue weighted by Gasteiger charge is -2.20. The molecule has 2 atom stereocenters. The lowest BCUT2D eigenvalue weighted by atomic mass is 10.0. The maximum absolute atomic E-state index is 12.5. The first-order valence-electron chi connectivity index (χ1n) is 32.4. The van der Waals surface area contributed by atoms with Crippen LogP contribution in [0.4, 0.5) is 0 Å². The van der Waals surface area contributed by atoms with Crippen molar-refractivity contribution in [2.45, 2.75) is 366 Å². The molecule has 0 heterocycles. The van der Waals surface area contributed by atoms with Crippen molar-refractivity contribution in [1.82, 2.24) is 5.32 Å². The van der Waals surface area contributed by atoms with Gasteiger partial charge < -0.3 is 15.5 Å². The summed E-state index contributed by atoms with van der Waals surface area (Å²) < 4.78 is 0. The quantitative estimate of drug-likeness (QED) is 0.0420. The standard InChI is InChI=1S/C67H127NO3/c1-3-5-7-9-11-13-15-17-19-21-23-24-25-26-27-28-29-30-31-32-33-34-35-36-37-38-39-40-41-42-43-44-45-47-49-51-53-55-57-59-61-63-67(71)68-65(64-69)66(70)62-60-58-56-54-52-50-48-46-22-20-18-16-14-12-10-8-6-4-2/h15,17,21,23,25-26,60,62,65-66,69-70H,3-14,16,18-20,22,24,27-59,61,63-64H2,1-2H3,(H,68,71)/b17-15-,23-21-,26-25-,62-60+. The summed E-state index contributed by atoms with van der Waals surface area (Å²) in [6.07, 6.45) is 87.5. The molecule has 0 saturated carbocycles. The number of aliphatic hydroxyl groups excluding tert-OH is 2. The Morgan fingerprint density at radius 1 is 0.338 bits per heavy atom. The molecule has 0 bridgehead atoms. The Morgan fingerprint density at radius 2 is 0.577 bits per heavy atom. The predicted molar refractivity (Wildman–Crippen MR) is 318 cm³/mol. The van der Waals surface area contributed by atoms with Gasteiger partial charge in [0, 0.05) is 6.42 Å². The Bertz CT molecular complexity index is 1130. The molecule has 0 aliphatic heterocycles. The molecule has 71 heavy (non-hydrogen) atoms. The minimum absolute atomic E-state index is 0.0573. The molecule has 0 aliphatic rings. The first-order chi connectivity index (χ1) is 35.2. The van der Waals surface area contributed by atoms with Crippen LogP contribution in [0.3, 0.4) is 0 Å². The summed E-state index contributed by atoms with van der Waals surface area (Å²) in [6, 6.07) is -0.621. The Balaban J connectivity index is 3.39. The summed E-state index contributed by atoms with van der Waals surface area (Å²) in [5.74, 6) is -0.0573. The summed E-state index contributed by atoms with van der Waals surface area (Å²) >= 11 is 0. The van der Waals surface area contributed by atoms with Crippen LogP contribution in [0.1, 0.15) is 354 Å². The molecule has 0 aromatic carbocycles. The summed E-state index contributed by atoms with van der Waals surface area (Å²) in [5.41, 5.74) is 0. The van der Waals surface area contributed by atoms with Gasteiger partial charge in [-0.3, -0.25) is 4.79 Å². The van der Waals surface area contributed by atoms with Gasteiger partial charge in [0.2, 0.25) is 5.91 Å². The summed E-state index contributed by atoms with van der Waals surface area (Å²) in [5, 5.41) is 23.2. The van der Waals surface area contributed by atoms with Gasteiger partial charge in [-0.15, -0.1) is 0 Å². The minimum atomic E-state index is -0.838. The Hall–Kier alpha value is -1.65. The highest BCUT2D eigenvalue weighted by atomic mass is 16.3. The third-order valence-corrected chi connectivity index (χ3v) is 15.1. The third kappa shape index (κ3) is 59.1. The van der Waals surface area contributed by atoms with Gasteiger partial charge in [0.15, 0.2) is 0 Å². The number of carbonyl (C=O) groups is 1. The SMILES string of the molecule is CCCCCCC/C=C\C/C=C\C/C=C\CCCCCCCCCCCCCCCCCCCCCCCCCCCCC(=O)NC(CO)C(O)/C=C/CCCCCCCCCCCCCCCCCC. The molecule has 0 aliphatic carbocycles. The van der Waals surface area contributed by atoms with E-state index in [1.54, 1.807) is 6.08 Å². The second-order valence-electron chi connectivity index (χ2n) is 22.2. The van der Waals surface area contributed by atoms with Crippen molar-refractivity contribution < 1.29 is 15.0 Å². The number of nitrogens with one attached hydrogen (secondary N) is 1. The Morgan fingerprint density at radius 3 is 0.859 bits per heavy atom. The van der Waals surface area contributed by atoms with Crippen molar-refractivity contribution in [3.05, 3.63) is 48.6 Å². The zero-order valence-electron chi connectivity index (χ0n) is 48.3. The molecule has 4 nitrogen and oxygen atoms in total. The monoisotopic (exact) mass is 994 g/mol. The average Bonchev–Trinajstić information content (AvgIpc) is 3.37. The van der Waals surface area contributed by atoms with Crippen molar-refractivity contribution in [3.8, 4) is 0 Å². The van der Waals surface area contributed by atoms with E-state index >= 15 is 0 Å². The number of allylic oxidation sites excluding steroid dienone is 7. The summed E-state index contributed by atoms with van der Waals surface area (Å²) in [7, 11) is 0. The van der Waals surface area contributed by atoms with Gasteiger partial charge in [0.1, 0.15) is 0 Å². The second kappa shape index (κ2) is 62.6. The van der Waals surface area contributed by atoms with Crippen LogP contribution in [0.25, 0.3) is 0 Å². The van der Waals surface area contributed by atoms with Crippen LogP contribution >= 0.6 is 0 Å². The van der Waals surface area contributed by atoms with Crippen LogP contribution < -0.4 is 5.32 Å². The fourth-order valence-corrected chi connectivity index (χ4v) is 10.1. The van der Waals surface area contributed by atoms with Gasteiger partial charge in [-0.2, -0.15) is 0 Å². The van der Waals surface area contributed by atoms with E-state index in [4.69, 9.17) is 0 Å². The van der Waals surface area contributed by atoms with Gasteiger partial charge in [-0.05, 0) is 57.8 Å². The largest absolute Gasteiger partial charge is 0.394 e. The van der Waals surface area contributed by atoms with Gasteiger partial charge in [0.25, 0.3) is 0 Å². The zero-order chi connectivity index (χ0) is 51.3. The fourth-order valence-electron chi connectivity index (χ4n) is 10.1. The van der Waals surface area contributed by atoms with E-state index < -0.39 is 12.1 Å². The van der Waals surface area contributed by atoms with Crippen LogP contribution in [0.15, 0.2) is 48.6 Å². The molecular formula is C67H127NO3. The summed E-state index contributed by atoms with van der Waals surface area (Å²) in [4.78, 5) is 12.5. The molecule has 1 amide bonds. The number of rotatable bonds is 60. The van der Waals surface area contributed by atoms with E-state index in [9.17, 15) is 15.0 Å². The van der Waals surface area contributed by atoms with Crippen molar-refractivity contribution >= 4 is 5.91 Å². The molecule has 3 N–H and O–H groups in total. The summed E-state index contributed by atoms with van der Waals surface area (Å²) in [6.45, 7) is 4.33. The highest BCUT2D eigenvalue weighted by Gasteiger charge is 2.18. The third-order valence-electron chi connectivity index (χ3n) is 15.1. The van der Waals surface area contributed by atoms with Crippen LogP contribution in [0.2, 0.25) is 0 Å². The zero-order valence-corrected chi connectivity index (χ0v) is 48.3. The number of amides is 1. The van der Waals surface area contributed by atoms with E-state index in [0.717, 1.165) is 38.5 Å². The smallest absolute Gasteiger partial charge is 0.220 e. The molecule has 0 rings (SSSR count). The topological polar surface area (TPSA) is 69.6 Å². The fraction of sp³-hybridized carbons (Fsp3) is 0.866. The molecule has 0 saturated heterocycles. The second-order valence-corrected chi connectivity index (χ2v) is 22.2. The Labute approximate surface area is 445 Å². The van der Waals surface area contributed by atoms with Crippen molar-refractivity contribution in [2.75, 3.05) is 6.61 Å². The normalized spacial score (nSPS) is 13.0. The van der Waals surface area contributed by atoms with Crippen LogP contribution in [0.5, 0.6) is 0 Å². The van der Waals surface area contributed by atoms with E-state index in [2.05, 4.69) is 55.6 Å². The molecule has 0 aromatic rings. The maximum atomic E-state index is 12.5. The number of aliphatic hydroxyl groups is 2. The lowest BCUT2D eigenvalue weighted by Crippen LogP contribution is -2.45. The molecule has 2 unspecified atom stereocenters. The average molecular weight is 995 g/mol. The molecule has 4 heteroatoms. The molecular weight excluding hydrogens is 867 g/mol. The molecule has 0 aromatic heterocycles. The van der Waals surface area contributed by atoms with Gasteiger partial charge in [-0.1, -0.05) is 339 Å². The van der Waals surface area contributed by atoms with Crippen molar-refractivity contribution in [2.24, 2.45) is 0 Å². The predicted octanol–water partition coefficient (Wildman–Crippen LogP) is 21.8. The van der Waals surface area contributed by atoms with E-state index in [-0.39, 0.29) is 12.5 Å². The van der Waals surface area contributed by atoms with E-state index in [1.807, 2.05) is 6.08 Å². The van der Waals surface area contributed by atoms with E-state index in [1.165, 1.54) is 295 Å². The van der Waals surface area contributed by atoms with Gasteiger partial charge >= 0.3 is 0 Å². The first kappa shape index (κ1) is 69.3. The molecule has 0 radical (unpaired) electrons. The molecule has 0 spiro atoms. The number of hydrogen-bond acceptors (Lipinski definition) is 3. The molecule has 0 fully saturated rings. The van der Waals surface area contributed by atoms with Crippen molar-refractivity contribution in [3.63, 3.8) is 0 Å². The van der Waals surface area contributed by atoms with Crippen molar-refractivity contribution in [1.29, 1.82) is 0 Å². The maximum Gasteiger partial charge on any atom is 0.220 e. The Kier molecular flexibility index (Phi) is 61.2. The van der Waals surface area contributed by atoms with Gasteiger partial charge in [-0.25, -0.2) is 0 Å². The van der Waals surface area contributed by atoms with Gasteiger partial charge in [0.05, 0.1) is 18.8 Å². The van der Waals surface area contributed by atoms with Crippen LogP contribution in [-0.4, -0.2) is 34.9 Å².